The highest BCUT2D eigenvalue weighted by molar-refractivity contribution is 5.73. The summed E-state index contributed by atoms with van der Waals surface area (Å²) in [5, 5.41) is 11.3. The van der Waals surface area contributed by atoms with Crippen LogP contribution in [0.25, 0.3) is 0 Å². The fourth-order valence-corrected chi connectivity index (χ4v) is 1.97. The summed E-state index contributed by atoms with van der Waals surface area (Å²) >= 11 is 0. The lowest BCUT2D eigenvalue weighted by Crippen LogP contribution is -2.48. The minimum atomic E-state index is -0.861. The van der Waals surface area contributed by atoms with Gasteiger partial charge in [0, 0.05) is 26.1 Å². The summed E-state index contributed by atoms with van der Waals surface area (Å²) in [5.74, 6) is -0.781. The van der Waals surface area contributed by atoms with E-state index in [-0.39, 0.29) is 18.5 Å². The van der Waals surface area contributed by atoms with Gasteiger partial charge in [-0.15, -0.1) is 0 Å². The number of carbonyl (C=O) groups is 2. The van der Waals surface area contributed by atoms with Gasteiger partial charge < -0.3 is 15.3 Å². The highest BCUT2D eigenvalue weighted by atomic mass is 16.4. The van der Waals surface area contributed by atoms with Crippen molar-refractivity contribution in [3.8, 4) is 0 Å². The molecular weight excluding hydrogens is 196 g/mol. The number of carboxylic acid groups (broad SMARTS) is 1. The van der Waals surface area contributed by atoms with Gasteiger partial charge in [0.05, 0.1) is 6.54 Å². The molecule has 5 nitrogen and oxygen atoms in total. The number of hydrogen-bond acceptors (Lipinski definition) is 3. The van der Waals surface area contributed by atoms with E-state index >= 15 is 0 Å². The van der Waals surface area contributed by atoms with Crippen LogP contribution in [0.1, 0.15) is 26.2 Å². The van der Waals surface area contributed by atoms with Crippen molar-refractivity contribution >= 4 is 11.9 Å². The van der Waals surface area contributed by atoms with Gasteiger partial charge in [0.25, 0.3) is 0 Å². The predicted molar refractivity (Wildman–Crippen MR) is 55.5 cm³/mol. The van der Waals surface area contributed by atoms with E-state index in [9.17, 15) is 9.59 Å². The van der Waals surface area contributed by atoms with Crippen molar-refractivity contribution in [3.05, 3.63) is 0 Å². The molecule has 0 radical (unpaired) electrons. The van der Waals surface area contributed by atoms with E-state index in [1.165, 1.54) is 0 Å². The van der Waals surface area contributed by atoms with Gasteiger partial charge in [-0.25, -0.2) is 0 Å². The van der Waals surface area contributed by atoms with E-state index in [1.807, 2.05) is 4.90 Å². The summed E-state index contributed by atoms with van der Waals surface area (Å²) in [4.78, 5) is 23.4. The first kappa shape index (κ1) is 12.0. The fraction of sp³-hybridized carbons (Fsp3) is 0.800. The molecule has 1 aliphatic rings. The van der Waals surface area contributed by atoms with Crippen molar-refractivity contribution in [2.75, 3.05) is 19.6 Å². The van der Waals surface area contributed by atoms with Gasteiger partial charge in [0.15, 0.2) is 0 Å². The molecule has 0 bridgehead atoms. The summed E-state index contributed by atoms with van der Waals surface area (Å²) in [7, 11) is 0. The number of nitrogens with zero attached hydrogens (tertiary/aromatic N) is 1. The lowest BCUT2D eigenvalue weighted by atomic mass is 10.0. The number of nitrogens with one attached hydrogen (secondary N) is 1. The summed E-state index contributed by atoms with van der Waals surface area (Å²) in [5.41, 5.74) is 0. The van der Waals surface area contributed by atoms with E-state index in [0.717, 1.165) is 25.8 Å². The molecule has 0 aromatic carbocycles. The van der Waals surface area contributed by atoms with E-state index in [0.29, 0.717) is 6.54 Å². The summed E-state index contributed by atoms with van der Waals surface area (Å²) in [6.07, 6.45) is 3.13. The van der Waals surface area contributed by atoms with Gasteiger partial charge in [-0.05, 0) is 19.3 Å². The Hall–Kier alpha value is -1.10. The lowest BCUT2D eigenvalue weighted by Gasteiger charge is -2.35. The third-order valence-electron chi connectivity index (χ3n) is 2.69. The van der Waals surface area contributed by atoms with Crippen molar-refractivity contribution in [1.29, 1.82) is 0 Å². The number of hydrogen-bond donors (Lipinski definition) is 2. The van der Waals surface area contributed by atoms with Crippen molar-refractivity contribution in [1.82, 2.24) is 10.2 Å². The van der Waals surface area contributed by atoms with Gasteiger partial charge in [0.1, 0.15) is 0 Å². The number of carbonyl (C=O) groups excluding carboxylic acids is 1. The highest BCUT2D eigenvalue weighted by Gasteiger charge is 2.23. The minimum Gasteiger partial charge on any atom is -0.480 e. The number of carboxylic acids is 1. The molecule has 1 amide bonds. The number of piperidine rings is 1. The second kappa shape index (κ2) is 5.70. The molecule has 0 saturated carbocycles. The van der Waals surface area contributed by atoms with Crippen LogP contribution in [0.4, 0.5) is 0 Å². The van der Waals surface area contributed by atoms with Crippen LogP contribution in [-0.2, 0) is 9.59 Å². The number of amides is 1. The van der Waals surface area contributed by atoms with Crippen LogP contribution in [0.3, 0.4) is 0 Å². The molecule has 1 saturated heterocycles. The van der Waals surface area contributed by atoms with Gasteiger partial charge in [-0.3, -0.25) is 9.59 Å². The third kappa shape index (κ3) is 3.87. The first-order chi connectivity index (χ1) is 7.11. The zero-order chi connectivity index (χ0) is 11.3. The zero-order valence-electron chi connectivity index (χ0n) is 9.03. The average molecular weight is 214 g/mol. The second-order valence-electron chi connectivity index (χ2n) is 3.89. The standard InChI is InChI=1S/C10H18N2O3/c1-8(13)12-5-3-2-4-9(12)6-11-7-10(14)15/h9,11H,2-7H2,1H3,(H,14,15)/t9-/m1/s1. The van der Waals surface area contributed by atoms with Crippen LogP contribution in [0.5, 0.6) is 0 Å². The molecule has 1 atom stereocenters. The maximum absolute atomic E-state index is 11.3. The quantitative estimate of drug-likeness (QED) is 0.694. The SMILES string of the molecule is CC(=O)N1CCCC[C@@H]1CNCC(=O)O. The molecule has 0 aliphatic carbocycles. The second-order valence-corrected chi connectivity index (χ2v) is 3.89. The average Bonchev–Trinajstić information content (AvgIpc) is 2.17. The van der Waals surface area contributed by atoms with E-state index in [4.69, 9.17) is 5.11 Å². The molecular formula is C10H18N2O3. The topological polar surface area (TPSA) is 69.6 Å². The first-order valence-electron chi connectivity index (χ1n) is 5.31. The van der Waals surface area contributed by atoms with Crippen LogP contribution in [-0.4, -0.2) is 47.6 Å². The molecule has 1 fully saturated rings. The molecule has 1 heterocycles. The van der Waals surface area contributed by atoms with Crippen LogP contribution in [0.15, 0.2) is 0 Å². The molecule has 86 valence electrons. The molecule has 0 unspecified atom stereocenters. The highest BCUT2D eigenvalue weighted by Crippen LogP contribution is 2.16. The van der Waals surface area contributed by atoms with Gasteiger partial charge >= 0.3 is 5.97 Å². The molecule has 1 rings (SSSR count). The van der Waals surface area contributed by atoms with Crippen LogP contribution >= 0.6 is 0 Å². The Morgan fingerprint density at radius 1 is 1.47 bits per heavy atom. The Labute approximate surface area is 89.4 Å². The van der Waals surface area contributed by atoms with Gasteiger partial charge in [-0.1, -0.05) is 0 Å². The maximum atomic E-state index is 11.3. The van der Waals surface area contributed by atoms with Crippen molar-refractivity contribution in [3.63, 3.8) is 0 Å². The molecule has 0 aromatic heterocycles. The number of likely N-dealkylation sites (tertiary alicyclic amines) is 1. The first-order valence-corrected chi connectivity index (χ1v) is 5.31. The Balaban J connectivity index is 2.36. The summed E-state index contributed by atoms with van der Waals surface area (Å²) in [6, 6.07) is 0.163. The molecule has 1 aliphatic heterocycles. The van der Waals surface area contributed by atoms with Crippen LogP contribution < -0.4 is 5.32 Å². The molecule has 2 N–H and O–H groups in total. The largest absolute Gasteiger partial charge is 0.480 e. The van der Waals surface area contributed by atoms with Crippen LogP contribution in [0, 0.1) is 0 Å². The third-order valence-corrected chi connectivity index (χ3v) is 2.69. The molecule has 0 spiro atoms. The van der Waals surface area contributed by atoms with Crippen LogP contribution in [0.2, 0.25) is 0 Å². The Kier molecular flexibility index (Phi) is 4.55. The minimum absolute atomic E-state index is 0.0394. The van der Waals surface area contributed by atoms with Gasteiger partial charge in [-0.2, -0.15) is 0 Å². The predicted octanol–water partition coefficient (Wildman–Crippen LogP) is 0.0616. The summed E-state index contributed by atoms with van der Waals surface area (Å²) < 4.78 is 0. The van der Waals surface area contributed by atoms with E-state index in [2.05, 4.69) is 5.32 Å². The fourth-order valence-electron chi connectivity index (χ4n) is 1.97. The Morgan fingerprint density at radius 2 is 2.20 bits per heavy atom. The molecule has 0 aromatic rings. The lowest BCUT2D eigenvalue weighted by molar-refractivity contribution is -0.136. The number of rotatable bonds is 4. The van der Waals surface area contributed by atoms with Crippen molar-refractivity contribution in [2.45, 2.75) is 32.2 Å². The van der Waals surface area contributed by atoms with E-state index in [1.54, 1.807) is 6.92 Å². The maximum Gasteiger partial charge on any atom is 0.317 e. The molecule has 5 heteroatoms. The summed E-state index contributed by atoms with van der Waals surface area (Å²) in [6.45, 7) is 2.90. The van der Waals surface area contributed by atoms with Gasteiger partial charge in [0.2, 0.25) is 5.91 Å². The Morgan fingerprint density at radius 3 is 2.80 bits per heavy atom. The number of aliphatic carboxylic acids is 1. The molecule has 15 heavy (non-hydrogen) atoms. The van der Waals surface area contributed by atoms with Crippen molar-refractivity contribution in [2.24, 2.45) is 0 Å². The smallest absolute Gasteiger partial charge is 0.317 e. The normalized spacial score (nSPS) is 21.4. The Bertz CT molecular complexity index is 243. The van der Waals surface area contributed by atoms with Crippen molar-refractivity contribution < 1.29 is 14.7 Å². The monoisotopic (exact) mass is 214 g/mol. The van der Waals surface area contributed by atoms with E-state index < -0.39 is 5.97 Å². The zero-order valence-corrected chi connectivity index (χ0v) is 9.03.